The van der Waals surface area contributed by atoms with Gasteiger partial charge in [-0.25, -0.2) is 0 Å². The van der Waals surface area contributed by atoms with Crippen molar-refractivity contribution in [2.45, 2.75) is 131 Å². The number of rotatable bonds is 19. The van der Waals surface area contributed by atoms with E-state index in [1.165, 1.54) is 51.4 Å². The van der Waals surface area contributed by atoms with E-state index in [9.17, 15) is 9.59 Å². The first-order valence-corrected chi connectivity index (χ1v) is 12.2. The van der Waals surface area contributed by atoms with Crippen LogP contribution in [0.15, 0.2) is 0 Å². The molecule has 4 nitrogen and oxygen atoms in total. The molecule has 0 aromatic rings. The van der Waals surface area contributed by atoms with Crippen molar-refractivity contribution >= 4 is 11.9 Å². The Kier molecular flexibility index (Phi) is 18.2. The van der Waals surface area contributed by atoms with Crippen LogP contribution in [0, 0.1) is 11.8 Å². The Hall–Kier alpha value is -1.06. The van der Waals surface area contributed by atoms with Crippen LogP contribution in [-0.4, -0.2) is 24.6 Å². The van der Waals surface area contributed by atoms with Crippen LogP contribution in [0.5, 0.6) is 0 Å². The van der Waals surface area contributed by atoms with Crippen LogP contribution in [0.4, 0.5) is 0 Å². The molecule has 0 atom stereocenters. The molecule has 172 valence electrons. The van der Waals surface area contributed by atoms with Crippen LogP contribution < -0.4 is 0 Å². The van der Waals surface area contributed by atoms with E-state index in [1.54, 1.807) is 0 Å². The molecule has 0 saturated carbocycles. The van der Waals surface area contributed by atoms with Gasteiger partial charge >= 0.3 is 11.9 Å². The van der Waals surface area contributed by atoms with E-state index in [-0.39, 0.29) is 18.0 Å². The van der Waals surface area contributed by atoms with Gasteiger partial charge < -0.3 is 9.47 Å². The van der Waals surface area contributed by atoms with E-state index in [0.717, 1.165) is 12.8 Å². The number of carbonyl (C=O) groups is 2. The first-order chi connectivity index (χ1) is 13.9. The van der Waals surface area contributed by atoms with E-state index in [2.05, 4.69) is 34.6 Å². The zero-order chi connectivity index (χ0) is 21.9. The topological polar surface area (TPSA) is 52.6 Å². The van der Waals surface area contributed by atoms with Gasteiger partial charge in [-0.15, -0.1) is 0 Å². The first kappa shape index (κ1) is 27.9. The highest BCUT2D eigenvalue weighted by atomic mass is 16.5. The van der Waals surface area contributed by atoms with E-state index in [4.69, 9.17) is 9.47 Å². The smallest absolute Gasteiger partial charge is 0.306 e. The second-order valence-corrected chi connectivity index (χ2v) is 9.05. The fraction of sp³-hybridized carbons (Fsp3) is 0.920. The summed E-state index contributed by atoms with van der Waals surface area (Å²) in [6.45, 7) is 11.1. The maximum atomic E-state index is 12.0. The van der Waals surface area contributed by atoms with Crippen molar-refractivity contribution in [1.29, 1.82) is 0 Å². The summed E-state index contributed by atoms with van der Waals surface area (Å²) in [6, 6.07) is 0. The number of unbranched alkanes of at least 4 members (excludes halogenated alkanes) is 10. The molecule has 0 saturated heterocycles. The lowest BCUT2D eigenvalue weighted by Gasteiger charge is -2.24. The third kappa shape index (κ3) is 17.5. The molecule has 0 aromatic heterocycles. The van der Waals surface area contributed by atoms with Crippen LogP contribution in [0.2, 0.25) is 0 Å². The van der Waals surface area contributed by atoms with E-state index in [0.29, 0.717) is 44.1 Å². The quantitative estimate of drug-likeness (QED) is 0.166. The predicted octanol–water partition coefficient (Wildman–Crippen LogP) is 7.23. The molecular weight excluding hydrogens is 364 g/mol. The molecule has 0 aliphatic carbocycles. The van der Waals surface area contributed by atoms with Crippen molar-refractivity contribution in [3.8, 4) is 0 Å². The highest BCUT2D eigenvalue weighted by Gasteiger charge is 2.21. The summed E-state index contributed by atoms with van der Waals surface area (Å²) in [7, 11) is 0. The van der Waals surface area contributed by atoms with Gasteiger partial charge in [0.2, 0.25) is 0 Å². The fourth-order valence-corrected chi connectivity index (χ4v) is 3.64. The number of ether oxygens (including phenoxy) is 2. The molecule has 29 heavy (non-hydrogen) atoms. The number of hydrogen-bond donors (Lipinski definition) is 0. The van der Waals surface area contributed by atoms with E-state index >= 15 is 0 Å². The van der Waals surface area contributed by atoms with Crippen molar-refractivity contribution in [3.05, 3.63) is 0 Å². The number of hydrogen-bond acceptors (Lipinski definition) is 4. The van der Waals surface area contributed by atoms with Gasteiger partial charge in [0.05, 0.1) is 6.61 Å². The van der Waals surface area contributed by atoms with Gasteiger partial charge in [-0.3, -0.25) is 9.59 Å². The maximum absolute atomic E-state index is 12.0. The number of carbonyl (C=O) groups excluding carboxylic acids is 2. The summed E-state index contributed by atoms with van der Waals surface area (Å²) in [5.74, 6) is 0.340. The van der Waals surface area contributed by atoms with Gasteiger partial charge in [-0.1, -0.05) is 92.4 Å². The Morgan fingerprint density at radius 1 is 0.621 bits per heavy atom. The Labute approximate surface area is 180 Å². The van der Waals surface area contributed by atoms with Crippen molar-refractivity contribution in [1.82, 2.24) is 0 Å². The molecule has 0 aliphatic rings. The summed E-state index contributed by atoms with van der Waals surface area (Å²) in [4.78, 5) is 23.7. The maximum Gasteiger partial charge on any atom is 0.306 e. The van der Waals surface area contributed by atoms with Crippen LogP contribution in [0.25, 0.3) is 0 Å². The highest BCUT2D eigenvalue weighted by molar-refractivity contribution is 5.70. The summed E-state index contributed by atoms with van der Waals surface area (Å²) >= 11 is 0. The van der Waals surface area contributed by atoms with Gasteiger partial charge in [0, 0.05) is 12.8 Å². The molecule has 0 bridgehead atoms. The third-order valence-corrected chi connectivity index (χ3v) is 5.35. The minimum absolute atomic E-state index is 0.0338. The molecule has 0 unspecified atom stereocenters. The predicted molar refractivity (Wildman–Crippen MR) is 121 cm³/mol. The SMILES string of the molecule is CCCCCCCCCCCCOC(=O)CCCCC(=O)OC(C(C)C)C(C)C. The second kappa shape index (κ2) is 18.9. The lowest BCUT2D eigenvalue weighted by Crippen LogP contribution is -2.28. The standard InChI is InChI=1S/C25H48O4/c1-6-7-8-9-10-11-12-13-14-17-20-28-23(26)18-15-16-19-24(27)29-25(21(2)3)22(4)5/h21-22,25H,6-20H2,1-5H3. The Morgan fingerprint density at radius 2 is 1.07 bits per heavy atom. The van der Waals surface area contributed by atoms with Crippen molar-refractivity contribution < 1.29 is 19.1 Å². The van der Waals surface area contributed by atoms with Gasteiger partial charge in [-0.05, 0) is 31.1 Å². The molecule has 0 radical (unpaired) electrons. The van der Waals surface area contributed by atoms with Gasteiger partial charge in [0.1, 0.15) is 6.10 Å². The van der Waals surface area contributed by atoms with Gasteiger partial charge in [0.25, 0.3) is 0 Å². The lowest BCUT2D eigenvalue weighted by molar-refractivity contribution is -0.154. The largest absolute Gasteiger partial charge is 0.466 e. The molecule has 0 aromatic carbocycles. The van der Waals surface area contributed by atoms with Gasteiger partial charge in [0.15, 0.2) is 0 Å². The lowest BCUT2D eigenvalue weighted by atomic mass is 9.96. The summed E-state index contributed by atoms with van der Waals surface area (Å²) in [5, 5.41) is 0. The van der Waals surface area contributed by atoms with Crippen LogP contribution in [0.3, 0.4) is 0 Å². The monoisotopic (exact) mass is 412 g/mol. The van der Waals surface area contributed by atoms with E-state index < -0.39 is 0 Å². The van der Waals surface area contributed by atoms with Crippen LogP contribution in [0.1, 0.15) is 125 Å². The van der Waals surface area contributed by atoms with Crippen molar-refractivity contribution in [2.24, 2.45) is 11.8 Å². The Balaban J connectivity index is 3.51. The normalized spacial score (nSPS) is 11.4. The highest BCUT2D eigenvalue weighted by Crippen LogP contribution is 2.17. The van der Waals surface area contributed by atoms with Crippen molar-refractivity contribution in [2.75, 3.05) is 6.61 Å². The average Bonchev–Trinajstić information content (AvgIpc) is 2.67. The zero-order valence-electron chi connectivity index (χ0n) is 20.0. The first-order valence-electron chi connectivity index (χ1n) is 12.2. The van der Waals surface area contributed by atoms with E-state index in [1.807, 2.05) is 0 Å². The molecule has 0 aliphatic heterocycles. The van der Waals surface area contributed by atoms with Crippen LogP contribution >= 0.6 is 0 Å². The number of esters is 2. The second-order valence-electron chi connectivity index (χ2n) is 9.05. The summed E-state index contributed by atoms with van der Waals surface area (Å²) < 4.78 is 10.9. The summed E-state index contributed by atoms with van der Waals surface area (Å²) in [5.41, 5.74) is 0. The molecule has 0 heterocycles. The van der Waals surface area contributed by atoms with Gasteiger partial charge in [-0.2, -0.15) is 0 Å². The molecule has 4 heteroatoms. The molecule has 0 rings (SSSR count). The Morgan fingerprint density at radius 3 is 1.55 bits per heavy atom. The Bertz CT molecular complexity index is 396. The molecule has 0 amide bonds. The zero-order valence-corrected chi connectivity index (χ0v) is 20.0. The van der Waals surface area contributed by atoms with Crippen LogP contribution in [-0.2, 0) is 19.1 Å². The minimum atomic E-state index is -0.156. The minimum Gasteiger partial charge on any atom is -0.466 e. The fourth-order valence-electron chi connectivity index (χ4n) is 3.64. The molecule has 0 N–H and O–H groups in total. The summed E-state index contributed by atoms with van der Waals surface area (Å²) in [6.07, 6.45) is 14.8. The molecule has 0 fully saturated rings. The molecular formula is C25H48O4. The molecule has 0 spiro atoms. The average molecular weight is 413 g/mol. The third-order valence-electron chi connectivity index (χ3n) is 5.35. The van der Waals surface area contributed by atoms with Crippen molar-refractivity contribution in [3.63, 3.8) is 0 Å².